The van der Waals surface area contributed by atoms with Crippen molar-refractivity contribution in [3.8, 4) is 0 Å². The van der Waals surface area contributed by atoms with Crippen molar-refractivity contribution in [3.05, 3.63) is 88.6 Å². The van der Waals surface area contributed by atoms with E-state index >= 15 is 0 Å². The van der Waals surface area contributed by atoms with E-state index in [9.17, 15) is 0 Å². The second-order valence-electron chi connectivity index (χ2n) is 6.52. The van der Waals surface area contributed by atoms with E-state index in [1.807, 2.05) is 11.8 Å². The number of hydrogen-bond acceptors (Lipinski definition) is 6. The standard InChI is InChI=1S/C21H18N4S2/c22-25-20-17-15-11-16(13-7-3-1-4-8-13)26-18(14-9-5-2-6-10-14)19(15)27-21(17)24-12-23-20/h1-10,12,16,18H,11,22H2,(H,23,24,25)/t16-,18-/m0/s1. The molecule has 0 bridgehead atoms. The Balaban J connectivity index is 1.71. The van der Waals surface area contributed by atoms with E-state index in [4.69, 9.17) is 5.84 Å². The first-order valence-electron chi connectivity index (χ1n) is 8.83. The minimum atomic E-state index is 0.282. The highest BCUT2D eigenvalue weighted by Crippen LogP contribution is 2.55. The molecule has 0 saturated carbocycles. The zero-order chi connectivity index (χ0) is 18.2. The van der Waals surface area contributed by atoms with Crippen molar-refractivity contribution < 1.29 is 0 Å². The van der Waals surface area contributed by atoms with Crippen molar-refractivity contribution in [3.63, 3.8) is 0 Å². The van der Waals surface area contributed by atoms with Gasteiger partial charge >= 0.3 is 0 Å². The Labute approximate surface area is 165 Å². The predicted molar refractivity (Wildman–Crippen MR) is 114 cm³/mol. The number of nitrogens with one attached hydrogen (secondary N) is 1. The summed E-state index contributed by atoms with van der Waals surface area (Å²) in [7, 11) is 0. The SMILES string of the molecule is NNc1ncnc2sc3c(c12)C[C@@H](c1ccccc1)S[C@H]3c1ccccc1. The number of hydrogen-bond donors (Lipinski definition) is 2. The van der Waals surface area contributed by atoms with Crippen molar-refractivity contribution in [1.29, 1.82) is 0 Å². The summed E-state index contributed by atoms with van der Waals surface area (Å²) in [5.41, 5.74) is 6.77. The maximum absolute atomic E-state index is 5.76. The van der Waals surface area contributed by atoms with E-state index in [0.29, 0.717) is 11.1 Å². The van der Waals surface area contributed by atoms with Crippen LogP contribution < -0.4 is 11.3 Å². The van der Waals surface area contributed by atoms with Crippen molar-refractivity contribution in [1.82, 2.24) is 9.97 Å². The molecule has 27 heavy (non-hydrogen) atoms. The van der Waals surface area contributed by atoms with Crippen molar-refractivity contribution >= 4 is 39.1 Å². The molecular weight excluding hydrogens is 372 g/mol. The van der Waals surface area contributed by atoms with Gasteiger partial charge in [-0.1, -0.05) is 60.7 Å². The molecule has 0 radical (unpaired) electrons. The van der Waals surface area contributed by atoms with Gasteiger partial charge in [0.05, 0.1) is 10.6 Å². The third-order valence-corrected chi connectivity index (χ3v) is 7.86. The zero-order valence-corrected chi connectivity index (χ0v) is 16.1. The largest absolute Gasteiger partial charge is 0.308 e. The molecule has 2 aromatic heterocycles. The smallest absolute Gasteiger partial charge is 0.152 e. The van der Waals surface area contributed by atoms with Gasteiger partial charge in [-0.3, -0.25) is 0 Å². The summed E-state index contributed by atoms with van der Waals surface area (Å²) < 4.78 is 0. The maximum Gasteiger partial charge on any atom is 0.152 e. The predicted octanol–water partition coefficient (Wildman–Crippen LogP) is 5.10. The molecule has 4 aromatic rings. The van der Waals surface area contributed by atoms with Crippen LogP contribution in [-0.4, -0.2) is 9.97 Å². The molecule has 0 aliphatic carbocycles. The second-order valence-corrected chi connectivity index (χ2v) is 8.87. The van der Waals surface area contributed by atoms with Crippen LogP contribution in [0.25, 0.3) is 10.2 Å². The lowest BCUT2D eigenvalue weighted by atomic mass is 9.98. The van der Waals surface area contributed by atoms with Gasteiger partial charge in [0.15, 0.2) is 5.82 Å². The molecule has 1 aliphatic rings. The summed E-state index contributed by atoms with van der Waals surface area (Å²) in [5.74, 6) is 6.47. The number of benzene rings is 2. The monoisotopic (exact) mass is 390 g/mol. The minimum Gasteiger partial charge on any atom is -0.308 e. The van der Waals surface area contributed by atoms with Gasteiger partial charge < -0.3 is 5.43 Å². The molecule has 6 heteroatoms. The van der Waals surface area contributed by atoms with Crippen LogP contribution in [0.2, 0.25) is 0 Å². The highest BCUT2D eigenvalue weighted by atomic mass is 32.2. The van der Waals surface area contributed by atoms with Crippen LogP contribution >= 0.6 is 23.1 Å². The molecule has 1 aliphatic heterocycles. The Morgan fingerprint density at radius 1 is 0.926 bits per heavy atom. The van der Waals surface area contributed by atoms with Gasteiger partial charge in [-0.25, -0.2) is 15.8 Å². The number of nitrogen functional groups attached to an aromatic ring is 1. The van der Waals surface area contributed by atoms with E-state index in [-0.39, 0.29) is 5.25 Å². The Kier molecular flexibility index (Phi) is 4.32. The number of rotatable bonds is 3. The number of thiophene rings is 1. The number of aromatic nitrogens is 2. The normalized spacial score (nSPS) is 19.0. The van der Waals surface area contributed by atoms with Crippen molar-refractivity contribution in [2.24, 2.45) is 5.84 Å². The quantitative estimate of drug-likeness (QED) is 0.376. The van der Waals surface area contributed by atoms with Crippen LogP contribution in [0.15, 0.2) is 67.0 Å². The molecule has 0 unspecified atom stereocenters. The molecule has 5 rings (SSSR count). The lowest BCUT2D eigenvalue weighted by molar-refractivity contribution is 0.894. The fourth-order valence-corrected chi connectivity index (χ4v) is 6.69. The molecular formula is C21H18N4S2. The van der Waals surface area contributed by atoms with Crippen LogP contribution in [0.1, 0.15) is 32.1 Å². The van der Waals surface area contributed by atoms with Gasteiger partial charge in [0.2, 0.25) is 0 Å². The van der Waals surface area contributed by atoms with Gasteiger partial charge in [0.1, 0.15) is 11.2 Å². The first-order valence-corrected chi connectivity index (χ1v) is 10.6. The number of anilines is 1. The molecule has 0 fully saturated rings. The van der Waals surface area contributed by atoms with Crippen LogP contribution in [0, 0.1) is 0 Å². The average molecular weight is 391 g/mol. The molecule has 3 heterocycles. The van der Waals surface area contributed by atoms with Crippen LogP contribution in [0.3, 0.4) is 0 Å². The minimum absolute atomic E-state index is 0.282. The molecule has 4 nitrogen and oxygen atoms in total. The van der Waals surface area contributed by atoms with E-state index in [1.54, 1.807) is 17.7 Å². The number of fused-ring (bicyclic) bond motifs is 3. The van der Waals surface area contributed by atoms with Gasteiger partial charge in [-0.05, 0) is 23.1 Å². The van der Waals surface area contributed by atoms with Crippen molar-refractivity contribution in [2.75, 3.05) is 5.43 Å². The highest BCUT2D eigenvalue weighted by molar-refractivity contribution is 8.00. The summed E-state index contributed by atoms with van der Waals surface area (Å²) in [4.78, 5) is 11.2. The number of thioether (sulfide) groups is 1. The van der Waals surface area contributed by atoms with Crippen LogP contribution in [0.4, 0.5) is 5.82 Å². The Morgan fingerprint density at radius 2 is 1.63 bits per heavy atom. The summed E-state index contributed by atoms with van der Waals surface area (Å²) >= 11 is 3.78. The van der Waals surface area contributed by atoms with E-state index in [1.165, 1.54) is 21.6 Å². The summed E-state index contributed by atoms with van der Waals surface area (Å²) in [5, 5.41) is 1.74. The molecule has 2 aromatic carbocycles. The topological polar surface area (TPSA) is 63.8 Å². The number of nitrogens with two attached hydrogens (primary N) is 1. The second kappa shape index (κ2) is 6.96. The Bertz CT molecular complexity index is 1080. The fraction of sp³-hybridized carbons (Fsp3) is 0.143. The maximum atomic E-state index is 5.76. The molecule has 3 N–H and O–H groups in total. The summed E-state index contributed by atoms with van der Waals surface area (Å²) in [6, 6.07) is 21.5. The molecule has 2 atom stereocenters. The summed E-state index contributed by atoms with van der Waals surface area (Å²) in [6.45, 7) is 0. The van der Waals surface area contributed by atoms with Crippen LogP contribution in [-0.2, 0) is 6.42 Å². The van der Waals surface area contributed by atoms with Crippen molar-refractivity contribution in [2.45, 2.75) is 16.9 Å². The van der Waals surface area contributed by atoms with E-state index in [0.717, 1.165) is 16.6 Å². The van der Waals surface area contributed by atoms with Gasteiger partial charge in [0.25, 0.3) is 0 Å². The zero-order valence-electron chi connectivity index (χ0n) is 14.5. The highest BCUT2D eigenvalue weighted by Gasteiger charge is 2.33. The fourth-order valence-electron chi connectivity index (χ4n) is 3.71. The molecule has 0 saturated heterocycles. The number of hydrazine groups is 1. The summed E-state index contributed by atoms with van der Waals surface area (Å²) in [6.07, 6.45) is 2.54. The van der Waals surface area contributed by atoms with Gasteiger partial charge in [-0.2, -0.15) is 0 Å². The number of nitrogens with zero attached hydrogens (tertiary/aromatic N) is 2. The molecule has 0 spiro atoms. The van der Waals surface area contributed by atoms with Gasteiger partial charge in [0, 0.05) is 10.1 Å². The average Bonchev–Trinajstić information content (AvgIpc) is 3.13. The Morgan fingerprint density at radius 3 is 2.33 bits per heavy atom. The lowest BCUT2D eigenvalue weighted by Gasteiger charge is -2.30. The van der Waals surface area contributed by atoms with E-state index in [2.05, 4.69) is 76.1 Å². The third kappa shape index (κ3) is 2.90. The lowest BCUT2D eigenvalue weighted by Crippen LogP contribution is -2.13. The Hall–Kier alpha value is -2.41. The third-order valence-electron chi connectivity index (χ3n) is 4.96. The first-order chi connectivity index (χ1) is 13.3. The first kappa shape index (κ1) is 16.7. The molecule has 134 valence electrons. The van der Waals surface area contributed by atoms with E-state index < -0.39 is 0 Å². The van der Waals surface area contributed by atoms with Crippen LogP contribution in [0.5, 0.6) is 0 Å². The molecule has 0 amide bonds. The van der Waals surface area contributed by atoms with Gasteiger partial charge in [-0.15, -0.1) is 23.1 Å².